The van der Waals surface area contributed by atoms with Gasteiger partial charge in [-0.15, -0.1) is 0 Å². The predicted octanol–water partition coefficient (Wildman–Crippen LogP) is 2.05. The van der Waals surface area contributed by atoms with Gasteiger partial charge in [0, 0.05) is 5.56 Å². The zero-order chi connectivity index (χ0) is 9.26. The van der Waals surface area contributed by atoms with Gasteiger partial charge in [-0.3, -0.25) is 4.79 Å². The van der Waals surface area contributed by atoms with Crippen molar-refractivity contribution in [2.24, 2.45) is 0 Å². The smallest absolute Gasteiger partial charge is 0.194 e. The Hall–Kier alpha value is -1.15. The van der Waals surface area contributed by atoms with Crippen LogP contribution in [-0.2, 0) is 4.74 Å². The maximum absolute atomic E-state index is 11.7. The van der Waals surface area contributed by atoms with Crippen LogP contribution in [0.25, 0.3) is 0 Å². The number of carbonyl (C=O) groups excluding carboxylic acids is 1. The van der Waals surface area contributed by atoms with Crippen LogP contribution >= 0.6 is 0 Å². The lowest BCUT2D eigenvalue weighted by Crippen LogP contribution is -2.09. The summed E-state index contributed by atoms with van der Waals surface area (Å²) < 4.78 is 5.23. The van der Waals surface area contributed by atoms with Crippen LogP contribution in [0.15, 0.2) is 30.3 Å². The van der Waals surface area contributed by atoms with Gasteiger partial charge in [-0.2, -0.15) is 0 Å². The highest BCUT2D eigenvalue weighted by molar-refractivity contribution is 6.01. The van der Waals surface area contributed by atoms with Crippen molar-refractivity contribution in [3.63, 3.8) is 0 Å². The molecule has 0 amide bonds. The molecule has 1 aromatic carbocycles. The van der Waals surface area contributed by atoms with Gasteiger partial charge in [0.1, 0.15) is 6.10 Å². The summed E-state index contributed by atoms with van der Waals surface area (Å²) in [6.45, 7) is 2.03. The van der Waals surface area contributed by atoms with Crippen molar-refractivity contribution in [2.45, 2.75) is 25.6 Å². The van der Waals surface area contributed by atoms with Crippen LogP contribution in [0, 0.1) is 0 Å². The van der Waals surface area contributed by atoms with Crippen molar-refractivity contribution in [1.29, 1.82) is 0 Å². The molecule has 1 heterocycles. The van der Waals surface area contributed by atoms with E-state index in [9.17, 15) is 4.79 Å². The first-order valence-electron chi connectivity index (χ1n) is 4.57. The highest BCUT2D eigenvalue weighted by atomic mass is 16.6. The highest BCUT2D eigenvalue weighted by Gasteiger charge is 2.43. The van der Waals surface area contributed by atoms with Crippen LogP contribution in [0.2, 0.25) is 0 Å². The van der Waals surface area contributed by atoms with Crippen molar-refractivity contribution >= 4 is 5.78 Å². The second-order valence-corrected chi connectivity index (χ2v) is 3.23. The van der Waals surface area contributed by atoms with Crippen molar-refractivity contribution in [3.8, 4) is 0 Å². The van der Waals surface area contributed by atoms with Gasteiger partial charge in [-0.05, 0) is 6.42 Å². The van der Waals surface area contributed by atoms with Crippen LogP contribution < -0.4 is 0 Å². The number of hydrogen-bond donors (Lipinski definition) is 0. The maximum Gasteiger partial charge on any atom is 0.194 e. The van der Waals surface area contributed by atoms with Crippen LogP contribution in [0.1, 0.15) is 23.7 Å². The second-order valence-electron chi connectivity index (χ2n) is 3.23. The van der Waals surface area contributed by atoms with Crippen LogP contribution in [0.3, 0.4) is 0 Å². The molecule has 13 heavy (non-hydrogen) atoms. The first kappa shape index (κ1) is 8.45. The monoisotopic (exact) mass is 176 g/mol. The molecule has 2 heteroatoms. The summed E-state index contributed by atoms with van der Waals surface area (Å²) in [5, 5.41) is 0. The number of rotatable bonds is 3. The van der Waals surface area contributed by atoms with Gasteiger partial charge in [0.05, 0.1) is 6.10 Å². The lowest BCUT2D eigenvalue weighted by Gasteiger charge is -1.94. The third-order valence-electron chi connectivity index (χ3n) is 2.30. The fourth-order valence-electron chi connectivity index (χ4n) is 1.45. The van der Waals surface area contributed by atoms with Gasteiger partial charge in [-0.25, -0.2) is 0 Å². The minimum absolute atomic E-state index is 0.118. The molecule has 1 aliphatic heterocycles. The van der Waals surface area contributed by atoms with E-state index in [1.807, 2.05) is 37.3 Å². The molecular formula is C11H12O2. The Labute approximate surface area is 77.5 Å². The number of Topliss-reactive ketones (excluding diaryl/α,β-unsaturated/α-hetero) is 1. The number of carbonyl (C=O) groups is 1. The molecular weight excluding hydrogens is 164 g/mol. The normalized spacial score (nSPS) is 25.6. The van der Waals surface area contributed by atoms with Gasteiger partial charge in [0.15, 0.2) is 5.78 Å². The molecule has 2 unspecified atom stereocenters. The van der Waals surface area contributed by atoms with E-state index in [2.05, 4.69) is 0 Å². The summed E-state index contributed by atoms with van der Waals surface area (Å²) in [7, 11) is 0. The standard InChI is InChI=1S/C11H12O2/c1-2-9-11(13-9)10(12)8-6-4-3-5-7-8/h3-7,9,11H,2H2,1H3. The molecule has 1 aliphatic rings. The average Bonchev–Trinajstić information content (AvgIpc) is 2.97. The zero-order valence-corrected chi connectivity index (χ0v) is 7.57. The number of benzene rings is 1. The Morgan fingerprint density at radius 2 is 2.08 bits per heavy atom. The van der Waals surface area contributed by atoms with E-state index in [-0.39, 0.29) is 18.0 Å². The van der Waals surface area contributed by atoms with Gasteiger partial charge in [0.2, 0.25) is 0 Å². The minimum Gasteiger partial charge on any atom is -0.361 e. The third kappa shape index (κ3) is 1.63. The summed E-state index contributed by atoms with van der Waals surface area (Å²) in [4.78, 5) is 11.7. The van der Waals surface area contributed by atoms with Crippen LogP contribution in [-0.4, -0.2) is 18.0 Å². The summed E-state index contributed by atoms with van der Waals surface area (Å²) >= 11 is 0. The maximum atomic E-state index is 11.7. The van der Waals surface area contributed by atoms with E-state index in [1.54, 1.807) is 0 Å². The van der Waals surface area contributed by atoms with E-state index >= 15 is 0 Å². The predicted molar refractivity (Wildman–Crippen MR) is 49.7 cm³/mol. The molecule has 1 saturated heterocycles. The summed E-state index contributed by atoms with van der Waals surface area (Å²) in [6, 6.07) is 9.31. The molecule has 1 aromatic rings. The van der Waals surface area contributed by atoms with Gasteiger partial charge >= 0.3 is 0 Å². The SMILES string of the molecule is CCC1OC1C(=O)c1ccccc1. The molecule has 0 bridgehead atoms. The molecule has 0 aliphatic carbocycles. The van der Waals surface area contributed by atoms with E-state index in [1.165, 1.54) is 0 Å². The van der Waals surface area contributed by atoms with Gasteiger partial charge < -0.3 is 4.74 Å². The second kappa shape index (κ2) is 3.30. The molecule has 68 valence electrons. The number of ketones is 1. The summed E-state index contributed by atoms with van der Waals surface area (Å²) in [6.07, 6.45) is 0.906. The average molecular weight is 176 g/mol. The molecule has 2 nitrogen and oxygen atoms in total. The molecule has 0 spiro atoms. The zero-order valence-electron chi connectivity index (χ0n) is 7.57. The van der Waals surface area contributed by atoms with E-state index < -0.39 is 0 Å². The van der Waals surface area contributed by atoms with Crippen molar-refractivity contribution in [2.75, 3.05) is 0 Å². The van der Waals surface area contributed by atoms with Crippen molar-refractivity contribution < 1.29 is 9.53 Å². The lowest BCUT2D eigenvalue weighted by atomic mass is 10.1. The number of hydrogen-bond acceptors (Lipinski definition) is 2. The van der Waals surface area contributed by atoms with Gasteiger partial charge in [-0.1, -0.05) is 37.3 Å². The Morgan fingerprint density at radius 1 is 1.38 bits per heavy atom. The van der Waals surface area contributed by atoms with Crippen LogP contribution in [0.4, 0.5) is 0 Å². The quantitative estimate of drug-likeness (QED) is 0.521. The van der Waals surface area contributed by atoms with Gasteiger partial charge in [0.25, 0.3) is 0 Å². The van der Waals surface area contributed by atoms with Crippen molar-refractivity contribution in [1.82, 2.24) is 0 Å². The fourth-order valence-corrected chi connectivity index (χ4v) is 1.45. The first-order valence-corrected chi connectivity index (χ1v) is 4.57. The molecule has 0 N–H and O–H groups in total. The van der Waals surface area contributed by atoms with Crippen LogP contribution in [0.5, 0.6) is 0 Å². The Bertz CT molecular complexity index is 305. The number of epoxide rings is 1. The molecule has 2 atom stereocenters. The summed E-state index contributed by atoms with van der Waals surface area (Å²) in [5.41, 5.74) is 0.753. The highest BCUT2D eigenvalue weighted by Crippen LogP contribution is 2.28. The topological polar surface area (TPSA) is 29.6 Å². The van der Waals surface area contributed by atoms with E-state index in [0.29, 0.717) is 0 Å². The Morgan fingerprint density at radius 3 is 2.62 bits per heavy atom. The van der Waals surface area contributed by atoms with E-state index in [0.717, 1.165) is 12.0 Å². The largest absolute Gasteiger partial charge is 0.361 e. The molecule has 0 saturated carbocycles. The first-order chi connectivity index (χ1) is 6.33. The summed E-state index contributed by atoms with van der Waals surface area (Å²) in [5.74, 6) is 0.118. The number of ether oxygens (including phenoxy) is 1. The molecule has 0 radical (unpaired) electrons. The Balaban J connectivity index is 2.07. The van der Waals surface area contributed by atoms with Crippen molar-refractivity contribution in [3.05, 3.63) is 35.9 Å². The molecule has 0 aromatic heterocycles. The minimum atomic E-state index is -0.174. The lowest BCUT2D eigenvalue weighted by molar-refractivity contribution is 0.0953. The fraction of sp³-hybridized carbons (Fsp3) is 0.364. The molecule has 2 rings (SSSR count). The Kier molecular flexibility index (Phi) is 2.15. The third-order valence-corrected chi connectivity index (χ3v) is 2.30. The molecule has 1 fully saturated rings. The van der Waals surface area contributed by atoms with E-state index in [4.69, 9.17) is 4.74 Å².